The van der Waals surface area contributed by atoms with E-state index in [0.717, 1.165) is 23.5 Å². The van der Waals surface area contributed by atoms with Crippen molar-refractivity contribution in [2.75, 3.05) is 5.32 Å². The average Bonchev–Trinajstić information content (AvgIpc) is 3.21. The molecule has 3 rings (SSSR count). The minimum Gasteiger partial charge on any atom is -0.357 e. The van der Waals surface area contributed by atoms with E-state index in [2.05, 4.69) is 20.8 Å². The van der Waals surface area contributed by atoms with Crippen molar-refractivity contribution in [1.82, 2.24) is 24.9 Å². The largest absolute Gasteiger partial charge is 0.357 e. The molecule has 10 heteroatoms. The second kappa shape index (κ2) is 8.93. The quantitative estimate of drug-likeness (QED) is 0.545. The summed E-state index contributed by atoms with van der Waals surface area (Å²) in [6.45, 7) is 3.73. The van der Waals surface area contributed by atoms with Crippen molar-refractivity contribution in [3.05, 3.63) is 63.1 Å². The number of rotatable bonds is 6. The lowest BCUT2D eigenvalue weighted by Crippen LogP contribution is -2.28. The highest BCUT2D eigenvalue weighted by Gasteiger charge is 2.08. The summed E-state index contributed by atoms with van der Waals surface area (Å²) in [6.07, 6.45) is 5.33. The van der Waals surface area contributed by atoms with Gasteiger partial charge in [0.1, 0.15) is 5.69 Å². The first-order valence-electron chi connectivity index (χ1n) is 8.17. The third-order valence-electron chi connectivity index (χ3n) is 3.77. The fourth-order valence-corrected chi connectivity index (χ4v) is 3.27. The van der Waals surface area contributed by atoms with Crippen molar-refractivity contribution in [1.29, 1.82) is 0 Å². The zero-order chi connectivity index (χ0) is 19.4. The van der Waals surface area contributed by atoms with Crippen LogP contribution in [0.5, 0.6) is 0 Å². The van der Waals surface area contributed by atoms with Gasteiger partial charge < -0.3 is 10.6 Å². The highest BCUT2D eigenvalue weighted by Crippen LogP contribution is 2.22. The van der Waals surface area contributed by atoms with Gasteiger partial charge in [-0.15, -0.1) is 0 Å². The zero-order valence-corrected chi connectivity index (χ0v) is 17.5. The number of nitrogens with one attached hydrogen (secondary N) is 2. The van der Waals surface area contributed by atoms with Crippen molar-refractivity contribution in [3.8, 4) is 0 Å². The van der Waals surface area contributed by atoms with E-state index in [1.165, 1.54) is 0 Å². The van der Waals surface area contributed by atoms with Crippen molar-refractivity contribution in [2.45, 2.75) is 26.6 Å². The first kappa shape index (κ1) is 19.9. The summed E-state index contributed by atoms with van der Waals surface area (Å²) in [7, 11) is 0. The number of aromatic nitrogens is 4. The molecule has 0 amide bonds. The van der Waals surface area contributed by atoms with Crippen LogP contribution in [-0.2, 0) is 19.6 Å². The van der Waals surface area contributed by atoms with Gasteiger partial charge in [0, 0.05) is 29.0 Å². The molecule has 2 N–H and O–H groups in total. The molecule has 0 spiro atoms. The Hall–Kier alpha value is -1.80. The first-order chi connectivity index (χ1) is 12.9. The second-order valence-corrected chi connectivity index (χ2v) is 7.41. The predicted octanol–water partition coefficient (Wildman–Crippen LogP) is 4.59. The molecule has 0 bridgehead atoms. The molecule has 0 aliphatic heterocycles. The standard InChI is InChI=1S/C17H17Cl3N6S/c1-2-25-10-15(20)16(24-25)7-21-17(27)23-13-6-22-26(9-13)8-11-3-4-12(18)5-14(11)19/h3-6,9-10H,2,7-8H2,1H3,(H2,21,23,27). The Balaban J connectivity index is 1.55. The maximum Gasteiger partial charge on any atom is 0.171 e. The van der Waals surface area contributed by atoms with Crippen LogP contribution in [0.4, 0.5) is 5.69 Å². The fraction of sp³-hybridized carbons (Fsp3) is 0.235. The van der Waals surface area contributed by atoms with Gasteiger partial charge in [-0.25, -0.2) is 0 Å². The van der Waals surface area contributed by atoms with Crippen LogP contribution < -0.4 is 10.6 Å². The minimum atomic E-state index is 0.437. The van der Waals surface area contributed by atoms with Crippen LogP contribution in [0.25, 0.3) is 0 Å². The summed E-state index contributed by atoms with van der Waals surface area (Å²) in [4.78, 5) is 0. The minimum absolute atomic E-state index is 0.437. The van der Waals surface area contributed by atoms with E-state index >= 15 is 0 Å². The molecular weight excluding hydrogens is 427 g/mol. The van der Waals surface area contributed by atoms with Gasteiger partial charge in [0.25, 0.3) is 0 Å². The highest BCUT2D eigenvalue weighted by atomic mass is 35.5. The smallest absolute Gasteiger partial charge is 0.171 e. The van der Waals surface area contributed by atoms with Gasteiger partial charge >= 0.3 is 0 Å². The lowest BCUT2D eigenvalue weighted by Gasteiger charge is -2.08. The molecule has 0 saturated heterocycles. The van der Waals surface area contributed by atoms with Gasteiger partial charge in [0.05, 0.1) is 30.0 Å². The summed E-state index contributed by atoms with van der Waals surface area (Å²) in [6, 6.07) is 5.39. The summed E-state index contributed by atoms with van der Waals surface area (Å²) in [5, 5.41) is 17.1. The first-order valence-corrected chi connectivity index (χ1v) is 9.72. The number of anilines is 1. The molecule has 0 radical (unpaired) electrons. The zero-order valence-electron chi connectivity index (χ0n) is 14.4. The number of hydrogen-bond acceptors (Lipinski definition) is 3. The van der Waals surface area contributed by atoms with Gasteiger partial charge in [0.2, 0.25) is 0 Å². The molecule has 1 aromatic carbocycles. The summed E-state index contributed by atoms with van der Waals surface area (Å²) in [5.41, 5.74) is 2.44. The number of thiocarbonyl (C=S) groups is 1. The third kappa shape index (κ3) is 5.35. The van der Waals surface area contributed by atoms with Crippen molar-refractivity contribution >= 4 is 57.8 Å². The SMILES string of the molecule is CCn1cc(Cl)c(CNC(=S)Nc2cnn(Cc3ccc(Cl)cc3Cl)c2)n1. The van der Waals surface area contributed by atoms with E-state index in [9.17, 15) is 0 Å². The monoisotopic (exact) mass is 442 g/mol. The van der Waals surface area contributed by atoms with Crippen molar-refractivity contribution in [3.63, 3.8) is 0 Å². The molecule has 0 aliphatic carbocycles. The van der Waals surface area contributed by atoms with Crippen LogP contribution in [0.2, 0.25) is 15.1 Å². The van der Waals surface area contributed by atoms with Crippen molar-refractivity contribution < 1.29 is 0 Å². The third-order valence-corrected chi connectivity index (χ3v) is 4.92. The van der Waals surface area contributed by atoms with Crippen LogP contribution in [0.1, 0.15) is 18.2 Å². The summed E-state index contributed by atoms with van der Waals surface area (Å²) in [5.74, 6) is 0. The summed E-state index contributed by atoms with van der Waals surface area (Å²) < 4.78 is 3.54. The topological polar surface area (TPSA) is 59.7 Å². The number of aryl methyl sites for hydroxylation is 1. The van der Waals surface area contributed by atoms with E-state index in [1.54, 1.807) is 33.9 Å². The Bertz CT molecular complexity index is 952. The number of nitrogens with zero attached hydrogens (tertiary/aromatic N) is 4. The maximum atomic E-state index is 6.20. The van der Waals surface area contributed by atoms with Crippen LogP contribution in [0.3, 0.4) is 0 Å². The van der Waals surface area contributed by atoms with E-state index in [4.69, 9.17) is 47.0 Å². The van der Waals surface area contributed by atoms with Gasteiger partial charge in [-0.1, -0.05) is 40.9 Å². The molecule has 0 atom stereocenters. The molecule has 2 heterocycles. The summed E-state index contributed by atoms with van der Waals surface area (Å²) >= 11 is 23.6. The molecular formula is C17H17Cl3N6S. The normalized spacial score (nSPS) is 10.8. The molecule has 6 nitrogen and oxygen atoms in total. The van der Waals surface area contributed by atoms with Crippen LogP contribution in [-0.4, -0.2) is 24.7 Å². The molecule has 27 heavy (non-hydrogen) atoms. The molecule has 3 aromatic rings. The van der Waals surface area contributed by atoms with Gasteiger partial charge in [-0.3, -0.25) is 9.36 Å². The van der Waals surface area contributed by atoms with Crippen LogP contribution >= 0.6 is 47.0 Å². The Morgan fingerprint density at radius 1 is 1.15 bits per heavy atom. The number of hydrogen-bond donors (Lipinski definition) is 2. The molecule has 142 valence electrons. The van der Waals surface area contributed by atoms with E-state index in [1.807, 2.05) is 19.2 Å². The lowest BCUT2D eigenvalue weighted by atomic mass is 10.2. The van der Waals surface area contributed by atoms with Crippen molar-refractivity contribution in [2.24, 2.45) is 0 Å². The Morgan fingerprint density at radius 3 is 2.67 bits per heavy atom. The Kier molecular flexibility index (Phi) is 6.59. The van der Waals surface area contributed by atoms with Gasteiger partial charge in [-0.05, 0) is 36.8 Å². The Morgan fingerprint density at radius 2 is 1.96 bits per heavy atom. The van der Waals surface area contributed by atoms with Crippen LogP contribution in [0.15, 0.2) is 36.8 Å². The predicted molar refractivity (Wildman–Crippen MR) is 114 cm³/mol. The highest BCUT2D eigenvalue weighted by molar-refractivity contribution is 7.80. The van der Waals surface area contributed by atoms with E-state index < -0.39 is 0 Å². The van der Waals surface area contributed by atoms with Crippen LogP contribution in [0, 0.1) is 0 Å². The van der Waals surface area contributed by atoms with E-state index in [-0.39, 0.29) is 0 Å². The van der Waals surface area contributed by atoms with E-state index in [0.29, 0.717) is 33.3 Å². The van der Waals surface area contributed by atoms with Gasteiger partial charge in [-0.2, -0.15) is 10.2 Å². The second-order valence-electron chi connectivity index (χ2n) is 5.75. The maximum absolute atomic E-state index is 6.20. The number of benzene rings is 1. The molecule has 0 aliphatic rings. The number of halogens is 3. The molecule has 0 unspecified atom stereocenters. The molecule has 0 fully saturated rings. The van der Waals surface area contributed by atoms with Gasteiger partial charge in [0.15, 0.2) is 5.11 Å². The fourth-order valence-electron chi connectivity index (χ4n) is 2.40. The Labute approximate surface area is 177 Å². The lowest BCUT2D eigenvalue weighted by molar-refractivity contribution is 0.643. The average molecular weight is 444 g/mol. The molecule has 0 saturated carbocycles. The molecule has 2 aromatic heterocycles.